The lowest BCUT2D eigenvalue weighted by molar-refractivity contribution is -0.0110. The van der Waals surface area contributed by atoms with Crippen LogP contribution in [0.1, 0.15) is 55.7 Å². The van der Waals surface area contributed by atoms with Gasteiger partial charge in [0.1, 0.15) is 5.69 Å². The van der Waals surface area contributed by atoms with E-state index in [1.807, 2.05) is 6.92 Å². The van der Waals surface area contributed by atoms with Crippen molar-refractivity contribution in [2.75, 3.05) is 12.3 Å². The molecule has 0 aliphatic heterocycles. The minimum Gasteiger partial charge on any atom is -0.395 e. The number of nitrogens with two attached hydrogens (primary N) is 1. The fraction of sp³-hybridized carbons (Fsp3) is 0.733. The van der Waals surface area contributed by atoms with Gasteiger partial charge in [0.15, 0.2) is 0 Å². The van der Waals surface area contributed by atoms with Crippen LogP contribution in [-0.2, 0) is 6.54 Å². The summed E-state index contributed by atoms with van der Waals surface area (Å²) in [5, 5.41) is 17.6. The zero-order valence-electron chi connectivity index (χ0n) is 13.1. The maximum atomic E-state index is 12.4. The van der Waals surface area contributed by atoms with Crippen molar-refractivity contribution in [1.82, 2.24) is 15.1 Å². The predicted octanol–water partition coefficient (Wildman–Crippen LogP) is 1.46. The molecule has 0 radical (unpaired) electrons. The first kappa shape index (κ1) is 15.8. The van der Waals surface area contributed by atoms with Crippen LogP contribution >= 0.6 is 0 Å². The normalized spacial score (nSPS) is 25.8. The number of nitrogens with zero attached hydrogens (tertiary/aromatic N) is 2. The van der Waals surface area contributed by atoms with Gasteiger partial charge in [0, 0.05) is 13.1 Å². The molecular weight excluding hydrogens is 268 g/mol. The maximum Gasteiger partial charge on any atom is 0.271 e. The number of aryl methyl sites for hydroxylation is 2. The molecule has 1 aliphatic rings. The van der Waals surface area contributed by atoms with Gasteiger partial charge in [-0.2, -0.15) is 5.10 Å². The molecule has 2 atom stereocenters. The van der Waals surface area contributed by atoms with Crippen molar-refractivity contribution in [3.8, 4) is 0 Å². The first-order valence-electron chi connectivity index (χ1n) is 7.70. The summed E-state index contributed by atoms with van der Waals surface area (Å²) in [5.41, 5.74) is 6.61. The number of amides is 1. The van der Waals surface area contributed by atoms with Gasteiger partial charge < -0.3 is 16.2 Å². The molecule has 118 valence electrons. The summed E-state index contributed by atoms with van der Waals surface area (Å²) in [7, 11) is 0. The highest BCUT2D eigenvalue weighted by molar-refractivity contribution is 5.98. The molecule has 1 heterocycles. The van der Waals surface area contributed by atoms with Gasteiger partial charge >= 0.3 is 0 Å². The molecular formula is C15H26N4O2. The van der Waals surface area contributed by atoms with E-state index >= 15 is 0 Å². The number of carbonyl (C=O) groups is 1. The molecule has 1 saturated carbocycles. The van der Waals surface area contributed by atoms with E-state index in [2.05, 4.69) is 17.3 Å². The molecule has 6 nitrogen and oxygen atoms in total. The molecule has 0 aromatic carbocycles. The number of nitrogens with one attached hydrogen (secondary N) is 1. The van der Waals surface area contributed by atoms with Gasteiger partial charge in [-0.1, -0.05) is 19.8 Å². The SMILES string of the molecule is CCn1nc(C)c(N)c1C(=O)NCC1(O)CCCC(C)C1. The highest BCUT2D eigenvalue weighted by Crippen LogP contribution is 2.31. The molecule has 1 aromatic rings. The zero-order valence-corrected chi connectivity index (χ0v) is 13.1. The summed E-state index contributed by atoms with van der Waals surface area (Å²) in [6.45, 7) is 6.69. The summed E-state index contributed by atoms with van der Waals surface area (Å²) in [6, 6.07) is 0. The van der Waals surface area contributed by atoms with Crippen LogP contribution in [0.15, 0.2) is 0 Å². The van der Waals surface area contributed by atoms with Crippen molar-refractivity contribution >= 4 is 11.6 Å². The van der Waals surface area contributed by atoms with Crippen molar-refractivity contribution in [2.24, 2.45) is 5.92 Å². The van der Waals surface area contributed by atoms with Gasteiger partial charge in [-0.25, -0.2) is 0 Å². The molecule has 1 aromatic heterocycles. The van der Waals surface area contributed by atoms with Gasteiger partial charge in [0.2, 0.25) is 0 Å². The van der Waals surface area contributed by atoms with Crippen LogP contribution in [0.3, 0.4) is 0 Å². The van der Waals surface area contributed by atoms with Crippen molar-refractivity contribution in [3.05, 3.63) is 11.4 Å². The standard InChI is InChI=1S/C15H26N4O2/c1-4-19-13(12(16)11(3)18-19)14(20)17-9-15(21)7-5-6-10(2)8-15/h10,21H,4-9,16H2,1-3H3,(H,17,20). The molecule has 6 heteroatoms. The van der Waals surface area contributed by atoms with E-state index in [1.54, 1.807) is 11.6 Å². The van der Waals surface area contributed by atoms with Crippen LogP contribution in [-0.4, -0.2) is 32.9 Å². The van der Waals surface area contributed by atoms with E-state index in [0.717, 1.165) is 25.7 Å². The zero-order chi connectivity index (χ0) is 15.6. The lowest BCUT2D eigenvalue weighted by atomic mass is 9.79. The Bertz CT molecular complexity index is 526. The number of hydrogen-bond acceptors (Lipinski definition) is 4. The second kappa shape index (κ2) is 6.05. The van der Waals surface area contributed by atoms with Gasteiger partial charge in [-0.05, 0) is 32.6 Å². The molecule has 0 bridgehead atoms. The van der Waals surface area contributed by atoms with Crippen molar-refractivity contribution < 1.29 is 9.90 Å². The third-order valence-electron chi connectivity index (χ3n) is 4.33. The molecule has 2 unspecified atom stereocenters. The minimum absolute atomic E-state index is 0.262. The van der Waals surface area contributed by atoms with Crippen LogP contribution < -0.4 is 11.1 Å². The van der Waals surface area contributed by atoms with Crippen LogP contribution in [0.5, 0.6) is 0 Å². The molecule has 1 aliphatic carbocycles. The van der Waals surface area contributed by atoms with Crippen molar-refractivity contribution in [1.29, 1.82) is 0 Å². The summed E-state index contributed by atoms with van der Waals surface area (Å²) >= 11 is 0. The van der Waals surface area contributed by atoms with Crippen molar-refractivity contribution in [3.63, 3.8) is 0 Å². The number of aromatic nitrogens is 2. The number of carbonyl (C=O) groups excluding carboxylic acids is 1. The number of rotatable bonds is 4. The molecule has 0 saturated heterocycles. The molecule has 1 fully saturated rings. The second-order valence-corrected chi connectivity index (χ2v) is 6.27. The summed E-state index contributed by atoms with van der Waals surface area (Å²) in [6.07, 6.45) is 3.61. The Kier molecular flexibility index (Phi) is 4.56. The third-order valence-corrected chi connectivity index (χ3v) is 4.33. The largest absolute Gasteiger partial charge is 0.395 e. The summed E-state index contributed by atoms with van der Waals surface area (Å²) in [5.74, 6) is 0.232. The number of aliphatic hydroxyl groups is 1. The van der Waals surface area contributed by atoms with Crippen LogP contribution in [0, 0.1) is 12.8 Å². The Labute approximate surface area is 125 Å². The van der Waals surface area contributed by atoms with E-state index in [0.29, 0.717) is 29.5 Å². The Morgan fingerprint density at radius 1 is 1.62 bits per heavy atom. The monoisotopic (exact) mass is 294 g/mol. The average molecular weight is 294 g/mol. The van der Waals surface area contributed by atoms with Gasteiger partial charge in [0.05, 0.1) is 17.0 Å². The Morgan fingerprint density at radius 2 is 2.33 bits per heavy atom. The van der Waals surface area contributed by atoms with E-state index < -0.39 is 5.60 Å². The topological polar surface area (TPSA) is 93.2 Å². The fourth-order valence-corrected chi connectivity index (χ4v) is 3.19. The minimum atomic E-state index is -0.797. The van der Waals surface area contributed by atoms with Crippen LogP contribution in [0.25, 0.3) is 0 Å². The quantitative estimate of drug-likeness (QED) is 0.784. The highest BCUT2D eigenvalue weighted by atomic mass is 16.3. The second-order valence-electron chi connectivity index (χ2n) is 6.27. The third kappa shape index (κ3) is 3.37. The van der Waals surface area contributed by atoms with E-state index in [4.69, 9.17) is 5.73 Å². The first-order valence-corrected chi connectivity index (χ1v) is 7.70. The van der Waals surface area contributed by atoms with Gasteiger partial charge in [-0.3, -0.25) is 9.48 Å². The van der Waals surface area contributed by atoms with Crippen molar-refractivity contribution in [2.45, 2.75) is 58.6 Å². The fourth-order valence-electron chi connectivity index (χ4n) is 3.19. The highest BCUT2D eigenvalue weighted by Gasteiger charge is 2.33. The maximum absolute atomic E-state index is 12.4. The predicted molar refractivity (Wildman–Crippen MR) is 82.0 cm³/mol. The smallest absolute Gasteiger partial charge is 0.271 e. The Balaban J connectivity index is 2.05. The van der Waals surface area contributed by atoms with Gasteiger partial charge in [0.25, 0.3) is 5.91 Å². The lowest BCUT2D eigenvalue weighted by Gasteiger charge is -2.35. The molecule has 21 heavy (non-hydrogen) atoms. The lowest BCUT2D eigenvalue weighted by Crippen LogP contribution is -2.46. The molecule has 2 rings (SSSR count). The summed E-state index contributed by atoms with van der Waals surface area (Å²) in [4.78, 5) is 12.4. The molecule has 0 spiro atoms. The first-order chi connectivity index (χ1) is 9.86. The molecule has 1 amide bonds. The summed E-state index contributed by atoms with van der Waals surface area (Å²) < 4.78 is 1.60. The Hall–Kier alpha value is -1.56. The van der Waals surface area contributed by atoms with E-state index in [-0.39, 0.29) is 12.5 Å². The molecule has 4 N–H and O–H groups in total. The van der Waals surface area contributed by atoms with Gasteiger partial charge in [-0.15, -0.1) is 0 Å². The Morgan fingerprint density at radius 3 is 2.95 bits per heavy atom. The number of nitrogen functional groups attached to an aromatic ring is 1. The van der Waals surface area contributed by atoms with E-state index in [9.17, 15) is 9.90 Å². The average Bonchev–Trinajstić information content (AvgIpc) is 2.71. The van der Waals surface area contributed by atoms with Crippen LogP contribution in [0.2, 0.25) is 0 Å². The van der Waals surface area contributed by atoms with Crippen LogP contribution in [0.4, 0.5) is 5.69 Å². The van der Waals surface area contributed by atoms with E-state index in [1.165, 1.54) is 0 Å². The number of hydrogen-bond donors (Lipinski definition) is 3. The number of anilines is 1.